The van der Waals surface area contributed by atoms with E-state index in [0.29, 0.717) is 0 Å². The number of nitrogens with zero attached hydrogens (tertiary/aromatic N) is 1. The van der Waals surface area contributed by atoms with Gasteiger partial charge in [0.25, 0.3) is 0 Å². The maximum absolute atomic E-state index is 6.46. The van der Waals surface area contributed by atoms with Gasteiger partial charge in [-0.3, -0.25) is 0 Å². The molecule has 0 saturated heterocycles. The van der Waals surface area contributed by atoms with Crippen LogP contribution in [0.25, 0.3) is 0 Å². The van der Waals surface area contributed by atoms with Crippen LogP contribution in [-0.2, 0) is 0 Å². The summed E-state index contributed by atoms with van der Waals surface area (Å²) < 4.78 is 0. The van der Waals surface area contributed by atoms with E-state index in [0.717, 1.165) is 19.3 Å². The maximum atomic E-state index is 6.46. The van der Waals surface area contributed by atoms with E-state index in [4.69, 9.17) is 11.1 Å². The molecule has 0 fully saturated rings. The summed E-state index contributed by atoms with van der Waals surface area (Å²) in [6, 6.07) is 10.5. The molecule has 0 aliphatic rings. The van der Waals surface area contributed by atoms with E-state index >= 15 is 0 Å². The van der Waals surface area contributed by atoms with E-state index in [1.165, 1.54) is 5.19 Å². The van der Waals surface area contributed by atoms with Crippen LogP contribution in [0.5, 0.6) is 0 Å². The van der Waals surface area contributed by atoms with Crippen LogP contribution in [0.3, 0.4) is 0 Å². The Morgan fingerprint density at radius 2 is 1.71 bits per heavy atom. The molecule has 3 heteroatoms. The molecule has 1 aromatic carbocycles. The second-order valence-electron chi connectivity index (χ2n) is 3.36. The zero-order valence-electron chi connectivity index (χ0n) is 8.91. The summed E-state index contributed by atoms with van der Waals surface area (Å²) in [5.41, 5.74) is 0. The summed E-state index contributed by atoms with van der Waals surface area (Å²) in [5, 5.41) is 1.35. The van der Waals surface area contributed by atoms with Gasteiger partial charge in [-0.15, -0.1) is 0 Å². The van der Waals surface area contributed by atoms with Crippen LogP contribution in [0.2, 0.25) is 0 Å². The van der Waals surface area contributed by atoms with E-state index < -0.39 is 8.11 Å². The van der Waals surface area contributed by atoms with Gasteiger partial charge in [-0.1, -0.05) is 44.2 Å². The Bertz CT molecular complexity index is 249. The van der Waals surface area contributed by atoms with Crippen LogP contribution in [0.4, 0.5) is 0 Å². The monoisotopic (exact) mass is 227 g/mol. The topological polar surface area (TPSA) is 3.24 Å². The Kier molecular flexibility index (Phi) is 5.23. The lowest BCUT2D eigenvalue weighted by Crippen LogP contribution is -2.39. The van der Waals surface area contributed by atoms with Crippen LogP contribution >= 0.6 is 11.1 Å². The van der Waals surface area contributed by atoms with Crippen molar-refractivity contribution in [1.29, 1.82) is 0 Å². The molecule has 1 aromatic rings. The zero-order chi connectivity index (χ0) is 10.4. The molecule has 14 heavy (non-hydrogen) atoms. The third-order valence-electron chi connectivity index (χ3n) is 2.47. The highest BCUT2D eigenvalue weighted by atomic mass is 35.6. The normalized spacial score (nSPS) is 13.1. The first-order valence-electron chi connectivity index (χ1n) is 5.19. The average molecular weight is 228 g/mol. The van der Waals surface area contributed by atoms with Gasteiger partial charge < -0.3 is 4.90 Å². The van der Waals surface area contributed by atoms with Gasteiger partial charge in [0.05, 0.1) is 0 Å². The van der Waals surface area contributed by atoms with E-state index in [-0.39, 0.29) is 0 Å². The molecule has 1 rings (SSSR count). The van der Waals surface area contributed by atoms with Crippen molar-refractivity contribution in [2.24, 2.45) is 0 Å². The number of hydrogen-bond donors (Lipinski definition) is 0. The molecular weight excluding hydrogens is 210 g/mol. The van der Waals surface area contributed by atoms with Gasteiger partial charge in [-0.25, -0.2) is 0 Å². The Hall–Kier alpha value is -0.313. The van der Waals surface area contributed by atoms with Crippen LogP contribution in [0.15, 0.2) is 30.3 Å². The minimum atomic E-state index is -1.26. The van der Waals surface area contributed by atoms with E-state index in [9.17, 15) is 0 Å². The lowest BCUT2D eigenvalue weighted by Gasteiger charge is -2.20. The minimum Gasteiger partial charge on any atom is -0.305 e. The average Bonchev–Trinajstić information content (AvgIpc) is 2.26. The molecule has 1 nitrogen and oxygen atoms in total. The summed E-state index contributed by atoms with van der Waals surface area (Å²) in [6.07, 6.45) is 1.07. The highest BCUT2D eigenvalue weighted by Gasteiger charge is 2.12. The molecule has 0 N–H and O–H groups in total. The zero-order valence-corrected chi connectivity index (χ0v) is 10.8. The fourth-order valence-electron chi connectivity index (χ4n) is 1.48. The quantitative estimate of drug-likeness (QED) is 0.547. The first-order valence-corrected chi connectivity index (χ1v) is 8.33. The van der Waals surface area contributed by atoms with Crippen molar-refractivity contribution < 1.29 is 0 Å². The molecule has 0 saturated carbocycles. The smallest absolute Gasteiger partial charge is 0.185 e. The first-order chi connectivity index (χ1) is 6.77. The molecule has 0 radical (unpaired) electrons. The van der Waals surface area contributed by atoms with Crippen molar-refractivity contribution in [3.63, 3.8) is 0 Å². The highest BCUT2D eigenvalue weighted by Crippen LogP contribution is 1.97. The summed E-state index contributed by atoms with van der Waals surface area (Å²) in [4.78, 5) is 2.40. The molecule has 0 spiro atoms. The first kappa shape index (κ1) is 11.8. The van der Waals surface area contributed by atoms with Crippen molar-refractivity contribution in [3.8, 4) is 0 Å². The van der Waals surface area contributed by atoms with Crippen LogP contribution in [0.1, 0.15) is 13.8 Å². The van der Waals surface area contributed by atoms with Crippen LogP contribution < -0.4 is 5.19 Å². The summed E-state index contributed by atoms with van der Waals surface area (Å²) >= 11 is 6.46. The third kappa shape index (κ3) is 3.44. The predicted molar refractivity (Wildman–Crippen MR) is 66.9 cm³/mol. The highest BCUT2D eigenvalue weighted by molar-refractivity contribution is 7.14. The fourth-order valence-corrected chi connectivity index (χ4v) is 4.32. The number of rotatable bonds is 5. The fraction of sp³-hybridized carbons (Fsp3) is 0.455. The van der Waals surface area contributed by atoms with Crippen LogP contribution in [-0.4, -0.2) is 32.3 Å². The second kappa shape index (κ2) is 6.22. The van der Waals surface area contributed by atoms with Gasteiger partial charge >= 0.3 is 0 Å². The number of hydrogen-bond acceptors (Lipinski definition) is 1. The molecule has 0 heterocycles. The van der Waals surface area contributed by atoms with Crippen LogP contribution in [0, 0.1) is 0 Å². The molecular formula is C11H18ClNSi. The van der Waals surface area contributed by atoms with Gasteiger partial charge in [0.15, 0.2) is 8.11 Å². The van der Waals surface area contributed by atoms with Crippen molar-refractivity contribution in [3.05, 3.63) is 30.3 Å². The van der Waals surface area contributed by atoms with Gasteiger partial charge in [-0.2, -0.15) is 11.1 Å². The van der Waals surface area contributed by atoms with Crippen molar-refractivity contribution in [2.45, 2.75) is 13.8 Å². The molecule has 0 aliphatic heterocycles. The van der Waals surface area contributed by atoms with E-state index in [1.807, 2.05) is 6.07 Å². The van der Waals surface area contributed by atoms with Gasteiger partial charge in [0.2, 0.25) is 0 Å². The standard InChI is InChI=1S/C11H18ClNSi/c1-3-13(4-2)10-14(12)11-8-6-5-7-9-11/h5-9,14H,3-4,10H2,1-2H3. The van der Waals surface area contributed by atoms with Gasteiger partial charge in [0.1, 0.15) is 0 Å². The molecule has 0 amide bonds. The lowest BCUT2D eigenvalue weighted by atomic mass is 10.4. The van der Waals surface area contributed by atoms with E-state index in [1.54, 1.807) is 0 Å². The SMILES string of the molecule is CCN(CC)C[SiH](Cl)c1ccccc1. The Labute approximate surface area is 93.0 Å². The third-order valence-corrected chi connectivity index (χ3v) is 5.59. The van der Waals surface area contributed by atoms with Crippen molar-refractivity contribution in [1.82, 2.24) is 4.90 Å². The number of halogens is 1. The maximum Gasteiger partial charge on any atom is 0.185 e. The van der Waals surface area contributed by atoms with E-state index in [2.05, 4.69) is 43.0 Å². The van der Waals surface area contributed by atoms with Crippen molar-refractivity contribution >= 4 is 24.4 Å². The molecule has 78 valence electrons. The molecule has 0 aromatic heterocycles. The minimum absolute atomic E-state index is 1.07. The lowest BCUT2D eigenvalue weighted by molar-refractivity contribution is 0.352. The van der Waals surface area contributed by atoms with Gasteiger partial charge in [-0.05, 0) is 18.3 Å². The summed E-state index contributed by atoms with van der Waals surface area (Å²) in [5.74, 6) is 0. The van der Waals surface area contributed by atoms with Crippen molar-refractivity contribution in [2.75, 3.05) is 19.3 Å². The Balaban J connectivity index is 2.54. The Morgan fingerprint density at radius 1 is 1.14 bits per heavy atom. The molecule has 1 unspecified atom stereocenters. The van der Waals surface area contributed by atoms with Gasteiger partial charge in [0, 0.05) is 6.17 Å². The molecule has 0 aliphatic carbocycles. The number of benzene rings is 1. The largest absolute Gasteiger partial charge is 0.305 e. The Morgan fingerprint density at radius 3 is 2.21 bits per heavy atom. The molecule has 0 bridgehead atoms. The second-order valence-corrected chi connectivity index (χ2v) is 6.91. The summed E-state index contributed by atoms with van der Waals surface area (Å²) in [6.45, 7) is 6.57. The predicted octanol–water partition coefficient (Wildman–Crippen LogP) is 1.74. The molecule has 1 atom stereocenters. The summed E-state index contributed by atoms with van der Waals surface area (Å²) in [7, 11) is -1.26.